The lowest BCUT2D eigenvalue weighted by atomic mass is 9.84. The van der Waals surface area contributed by atoms with Crippen LogP contribution in [0.5, 0.6) is 0 Å². The summed E-state index contributed by atoms with van der Waals surface area (Å²) in [7, 11) is 0. The van der Waals surface area contributed by atoms with Gasteiger partial charge in [-0.3, -0.25) is 0 Å². The molecule has 13 rings (SSSR count). The van der Waals surface area contributed by atoms with E-state index in [4.69, 9.17) is 28.1 Å². The fourth-order valence-corrected chi connectivity index (χ4v) is 10.8. The summed E-state index contributed by atoms with van der Waals surface area (Å²) >= 11 is 0. The van der Waals surface area contributed by atoms with Gasteiger partial charge in [-0.05, 0) is 104 Å². The maximum Gasteiger partial charge on any atom is 0.218 e. The van der Waals surface area contributed by atoms with Gasteiger partial charge in [-0.1, -0.05) is 188 Å². The summed E-state index contributed by atoms with van der Waals surface area (Å²) in [5, 5.41) is 11.7. The smallest absolute Gasteiger partial charge is 0.218 e. The Balaban J connectivity index is 1.03. The molecule has 1 aliphatic rings. The van der Waals surface area contributed by atoms with E-state index in [1.165, 1.54) is 0 Å². The zero-order valence-electron chi connectivity index (χ0n) is 39.6. The van der Waals surface area contributed by atoms with Crippen LogP contribution in [0.1, 0.15) is 28.2 Å². The van der Waals surface area contributed by atoms with Gasteiger partial charge in [0.2, 0.25) is 5.69 Å². The summed E-state index contributed by atoms with van der Waals surface area (Å²) in [5.74, 6) is 1.46. The van der Waals surface area contributed by atoms with Gasteiger partial charge in [0.15, 0.2) is 23.2 Å². The van der Waals surface area contributed by atoms with Crippen LogP contribution in [0.4, 0.5) is 11.4 Å². The Morgan fingerprint density at radius 1 is 0.392 bits per heavy atom. The van der Waals surface area contributed by atoms with Crippen molar-refractivity contribution in [3.8, 4) is 90.4 Å². The van der Waals surface area contributed by atoms with Crippen molar-refractivity contribution >= 4 is 33.2 Å². The zero-order chi connectivity index (χ0) is 49.7. The van der Waals surface area contributed by atoms with E-state index in [-0.39, 0.29) is 5.92 Å². The molecule has 342 valence electrons. The molecule has 10 aromatic carbocycles. The third-order valence-corrected chi connectivity index (χ3v) is 14.3. The highest BCUT2D eigenvalue weighted by molar-refractivity contribution is 6.11. The standard InChI is InChI=1S/C67H39N7/c1-69-50-33-28-44(29-34-50)48-32-37-61-58(39-48)53-19-11-12-22-60(53)74(61)62-23-13-21-51(64(62)70-2)49-31-36-56(67-72-65(45-14-5-3-6-15-45)71-66(73-67)46-16-7-4-8-17-46)59(40-49)63-54-20-10-9-18-52(54)57-38-47(30-35-55(57)63)43-26-24-42(41-68)25-27-43/h3-40,63H. The Hall–Kier alpha value is -10.5. The highest BCUT2D eigenvalue weighted by atomic mass is 15.0. The van der Waals surface area contributed by atoms with Crippen LogP contribution >= 0.6 is 0 Å². The van der Waals surface area contributed by atoms with Gasteiger partial charge in [0.1, 0.15) is 0 Å². The maximum atomic E-state index is 9.55. The van der Waals surface area contributed by atoms with Crippen molar-refractivity contribution in [1.29, 1.82) is 5.26 Å². The summed E-state index contributed by atoms with van der Waals surface area (Å²) in [6.07, 6.45) is 0. The Bertz CT molecular complexity index is 4270. The lowest BCUT2D eigenvalue weighted by Crippen LogP contribution is -2.06. The van der Waals surface area contributed by atoms with E-state index in [0.29, 0.717) is 34.4 Å². The number of hydrogen-bond acceptors (Lipinski definition) is 4. The van der Waals surface area contributed by atoms with Crippen LogP contribution < -0.4 is 0 Å². The Morgan fingerprint density at radius 3 is 1.69 bits per heavy atom. The van der Waals surface area contributed by atoms with Crippen molar-refractivity contribution in [3.05, 3.63) is 276 Å². The number of nitrogens with zero attached hydrogens (tertiary/aromatic N) is 7. The molecule has 0 fully saturated rings. The van der Waals surface area contributed by atoms with Crippen molar-refractivity contribution in [2.24, 2.45) is 0 Å². The molecule has 74 heavy (non-hydrogen) atoms. The highest BCUT2D eigenvalue weighted by Gasteiger charge is 2.33. The van der Waals surface area contributed by atoms with Gasteiger partial charge >= 0.3 is 0 Å². The van der Waals surface area contributed by atoms with E-state index in [1.807, 2.05) is 121 Å². The first-order valence-electron chi connectivity index (χ1n) is 24.3. The lowest BCUT2D eigenvalue weighted by molar-refractivity contribution is 1.00. The first-order chi connectivity index (χ1) is 36.5. The van der Waals surface area contributed by atoms with Crippen LogP contribution in [0.15, 0.2) is 231 Å². The topological polar surface area (TPSA) is 76.1 Å². The normalized spacial score (nSPS) is 12.4. The van der Waals surface area contributed by atoms with E-state index in [2.05, 4.69) is 130 Å². The largest absolute Gasteiger partial charge is 0.319 e. The predicted octanol–water partition coefficient (Wildman–Crippen LogP) is 17.1. The summed E-state index contributed by atoms with van der Waals surface area (Å²) in [4.78, 5) is 23.6. The second kappa shape index (κ2) is 18.0. The van der Waals surface area contributed by atoms with E-state index in [9.17, 15) is 5.26 Å². The Labute approximate surface area is 427 Å². The molecular weight excluding hydrogens is 903 g/mol. The second-order valence-electron chi connectivity index (χ2n) is 18.4. The SMILES string of the molecule is [C-]#[N+]c1ccc(-c2ccc3c(c2)c2ccccc2n3-c2cccc(-c3ccc(-c4nc(-c5ccccc5)nc(-c5ccccc5)n4)c(C4c5ccccc5-c5cc(-c6ccc(C#N)cc6)ccc54)c3)c2[N+]#[C-])cc1. The average Bonchev–Trinajstić information content (AvgIpc) is 4.00. The minimum absolute atomic E-state index is 0.230. The molecule has 7 heteroatoms. The van der Waals surface area contributed by atoms with Crippen molar-refractivity contribution in [3.63, 3.8) is 0 Å². The molecule has 12 aromatic rings. The second-order valence-corrected chi connectivity index (χ2v) is 18.4. The van der Waals surface area contributed by atoms with Crippen LogP contribution in [0.25, 0.3) is 116 Å². The van der Waals surface area contributed by atoms with Crippen molar-refractivity contribution < 1.29 is 0 Å². The number of nitriles is 1. The third kappa shape index (κ3) is 7.39. The minimum Gasteiger partial charge on any atom is -0.319 e. The maximum absolute atomic E-state index is 9.55. The van der Waals surface area contributed by atoms with E-state index in [1.54, 1.807) is 0 Å². The number of para-hydroxylation sites is 2. The van der Waals surface area contributed by atoms with Crippen molar-refractivity contribution in [1.82, 2.24) is 19.5 Å². The number of hydrogen-bond donors (Lipinski definition) is 0. The Kier molecular flexibility index (Phi) is 10.6. The molecule has 1 unspecified atom stereocenters. The van der Waals surface area contributed by atoms with Crippen molar-refractivity contribution in [2.75, 3.05) is 0 Å². The summed E-state index contributed by atoms with van der Waals surface area (Å²) in [5.41, 5.74) is 18.6. The molecular formula is C67H39N7. The predicted molar refractivity (Wildman–Crippen MR) is 297 cm³/mol. The van der Waals surface area contributed by atoms with Crippen LogP contribution in [-0.2, 0) is 0 Å². The molecule has 0 bridgehead atoms. The molecule has 7 nitrogen and oxygen atoms in total. The summed E-state index contributed by atoms with van der Waals surface area (Å²) in [6.45, 7) is 16.4. The van der Waals surface area contributed by atoms with Crippen LogP contribution in [-0.4, -0.2) is 19.5 Å². The molecule has 2 aromatic heterocycles. The zero-order valence-corrected chi connectivity index (χ0v) is 39.6. The van der Waals surface area contributed by atoms with Gasteiger partial charge in [-0.2, -0.15) is 5.26 Å². The van der Waals surface area contributed by atoms with Crippen molar-refractivity contribution in [2.45, 2.75) is 5.92 Å². The molecule has 1 atom stereocenters. The Morgan fingerprint density at radius 2 is 0.973 bits per heavy atom. The fraction of sp³-hybridized carbons (Fsp3) is 0.0149. The van der Waals surface area contributed by atoms with E-state index < -0.39 is 0 Å². The van der Waals surface area contributed by atoms with Crippen LogP contribution in [0.2, 0.25) is 0 Å². The van der Waals surface area contributed by atoms with Crippen LogP contribution in [0.3, 0.4) is 0 Å². The summed E-state index contributed by atoms with van der Waals surface area (Å²) in [6, 6.07) is 80.6. The number of fused-ring (bicyclic) bond motifs is 6. The van der Waals surface area contributed by atoms with Gasteiger partial charge in [-0.15, -0.1) is 0 Å². The molecule has 0 amide bonds. The van der Waals surface area contributed by atoms with Gasteiger partial charge < -0.3 is 4.57 Å². The molecule has 1 aliphatic carbocycles. The average molecular weight is 942 g/mol. The lowest BCUT2D eigenvalue weighted by Gasteiger charge is -2.21. The van der Waals surface area contributed by atoms with E-state index >= 15 is 0 Å². The van der Waals surface area contributed by atoms with Gasteiger partial charge in [0, 0.05) is 33.4 Å². The molecule has 0 saturated heterocycles. The van der Waals surface area contributed by atoms with Crippen LogP contribution in [0, 0.1) is 24.5 Å². The molecule has 0 radical (unpaired) electrons. The molecule has 0 N–H and O–H groups in total. The highest BCUT2D eigenvalue weighted by Crippen LogP contribution is 2.52. The third-order valence-electron chi connectivity index (χ3n) is 14.3. The summed E-state index contributed by atoms with van der Waals surface area (Å²) < 4.78 is 2.22. The fourth-order valence-electron chi connectivity index (χ4n) is 10.8. The first kappa shape index (κ1) is 43.5. The van der Waals surface area contributed by atoms with Gasteiger partial charge in [0.25, 0.3) is 0 Å². The molecule has 2 heterocycles. The number of aromatic nitrogens is 4. The first-order valence-corrected chi connectivity index (χ1v) is 24.3. The molecule has 0 saturated carbocycles. The molecule has 0 aliphatic heterocycles. The number of benzene rings is 10. The van der Waals surface area contributed by atoms with Gasteiger partial charge in [-0.25, -0.2) is 24.6 Å². The quantitative estimate of drug-likeness (QED) is 0.142. The number of rotatable bonds is 8. The van der Waals surface area contributed by atoms with Gasteiger partial charge in [0.05, 0.1) is 41.5 Å². The van der Waals surface area contributed by atoms with E-state index in [0.717, 1.165) is 105 Å². The molecule has 0 spiro atoms. The minimum atomic E-state index is -0.230. The monoisotopic (exact) mass is 941 g/mol.